The van der Waals surface area contributed by atoms with E-state index in [4.69, 9.17) is 0 Å². The number of hydrogen-bond acceptors (Lipinski definition) is 7. The largest absolute Gasteiger partial charge is 0.369 e. The Labute approximate surface area is 237 Å². The van der Waals surface area contributed by atoms with Gasteiger partial charge in [-0.25, -0.2) is 4.39 Å². The van der Waals surface area contributed by atoms with Crippen molar-refractivity contribution in [3.8, 4) is 11.3 Å². The maximum absolute atomic E-state index is 14.7. The molecule has 6 rings (SSSR count). The number of nitrogens with one attached hydrogen (secondary N) is 2. The Morgan fingerprint density at radius 2 is 1.88 bits per heavy atom. The number of piperazine rings is 1. The highest BCUT2D eigenvalue weighted by Gasteiger charge is 2.23. The predicted molar refractivity (Wildman–Crippen MR) is 159 cm³/mol. The third kappa shape index (κ3) is 5.00. The highest BCUT2D eigenvalue weighted by atomic mass is 19.1. The first-order valence-electron chi connectivity index (χ1n) is 13.5. The third-order valence-corrected chi connectivity index (χ3v) is 7.75. The number of hydrogen-bond donors (Lipinski definition) is 2. The third-order valence-electron chi connectivity index (χ3n) is 7.75. The van der Waals surface area contributed by atoms with Gasteiger partial charge in [0.05, 0.1) is 34.9 Å². The van der Waals surface area contributed by atoms with E-state index in [0.717, 1.165) is 48.9 Å². The molecule has 0 bridgehead atoms. The van der Waals surface area contributed by atoms with E-state index in [1.54, 1.807) is 29.2 Å². The fourth-order valence-electron chi connectivity index (χ4n) is 5.35. The Morgan fingerprint density at radius 1 is 1.07 bits per heavy atom. The second kappa shape index (κ2) is 10.7. The number of likely N-dealkylation sites (N-methyl/N-ethyl adjacent to an activating group) is 1. The Kier molecular flexibility index (Phi) is 6.88. The molecule has 210 valence electrons. The Bertz CT molecular complexity index is 1720. The van der Waals surface area contributed by atoms with Crippen molar-refractivity contribution >= 4 is 39.8 Å². The summed E-state index contributed by atoms with van der Waals surface area (Å²) in [7, 11) is 5.92. The minimum Gasteiger partial charge on any atom is -0.369 e. The number of nitrogens with zero attached hydrogens (tertiary/aromatic N) is 7. The summed E-state index contributed by atoms with van der Waals surface area (Å²) in [5, 5.41) is 15.2. The smallest absolute Gasteiger partial charge is 0.259 e. The number of rotatable bonds is 6. The zero-order chi connectivity index (χ0) is 28.7. The molecule has 10 nitrogen and oxygen atoms in total. The van der Waals surface area contributed by atoms with Crippen LogP contribution in [0.5, 0.6) is 0 Å². The van der Waals surface area contributed by atoms with E-state index in [9.17, 15) is 9.18 Å². The highest BCUT2D eigenvalue weighted by Crippen LogP contribution is 2.33. The number of aryl methyl sites for hydroxylation is 2. The maximum atomic E-state index is 14.7. The molecule has 0 atom stereocenters. The van der Waals surface area contributed by atoms with E-state index in [-0.39, 0.29) is 11.7 Å². The topological polar surface area (TPSA) is 98.2 Å². The van der Waals surface area contributed by atoms with Crippen LogP contribution in [0.15, 0.2) is 60.9 Å². The number of fused-ring (bicyclic) bond motifs is 1. The molecule has 11 heteroatoms. The van der Waals surface area contributed by atoms with Crippen LogP contribution in [0.1, 0.15) is 15.9 Å². The average molecular weight is 554 g/mol. The van der Waals surface area contributed by atoms with Crippen molar-refractivity contribution in [3.63, 3.8) is 0 Å². The molecule has 1 aliphatic rings. The number of halogens is 1. The molecular weight excluding hydrogens is 521 g/mol. The van der Waals surface area contributed by atoms with Crippen LogP contribution in [0.25, 0.3) is 22.2 Å². The van der Waals surface area contributed by atoms with Gasteiger partial charge in [0.1, 0.15) is 11.6 Å². The van der Waals surface area contributed by atoms with Crippen LogP contribution in [0.3, 0.4) is 0 Å². The van der Waals surface area contributed by atoms with Gasteiger partial charge in [-0.05, 0) is 49.9 Å². The molecule has 0 saturated carbocycles. The number of amides is 1. The molecule has 0 unspecified atom stereocenters. The van der Waals surface area contributed by atoms with Gasteiger partial charge in [-0.1, -0.05) is 12.1 Å². The first-order valence-corrected chi connectivity index (χ1v) is 13.5. The number of aromatic nitrogens is 5. The average Bonchev–Trinajstić information content (AvgIpc) is 3.58. The normalized spacial score (nSPS) is 14.0. The van der Waals surface area contributed by atoms with Crippen LogP contribution in [0.4, 0.5) is 27.4 Å². The fraction of sp³-hybridized carbons (Fsp3) is 0.267. The molecule has 41 heavy (non-hydrogen) atoms. The molecule has 0 radical (unpaired) electrons. The Balaban J connectivity index is 1.36. The summed E-state index contributed by atoms with van der Waals surface area (Å²) >= 11 is 0. The lowest BCUT2D eigenvalue weighted by molar-refractivity contribution is 0.102. The van der Waals surface area contributed by atoms with E-state index in [1.807, 2.05) is 50.2 Å². The summed E-state index contributed by atoms with van der Waals surface area (Å²) in [6, 6.07) is 14.5. The van der Waals surface area contributed by atoms with E-state index >= 15 is 0 Å². The minimum atomic E-state index is -0.353. The molecule has 4 heterocycles. The number of pyridine rings is 1. The van der Waals surface area contributed by atoms with E-state index < -0.39 is 0 Å². The summed E-state index contributed by atoms with van der Waals surface area (Å²) in [5.41, 5.74) is 4.59. The monoisotopic (exact) mass is 553 g/mol. The van der Waals surface area contributed by atoms with Crippen LogP contribution >= 0.6 is 0 Å². The van der Waals surface area contributed by atoms with Gasteiger partial charge in [-0.15, -0.1) is 0 Å². The fourth-order valence-corrected chi connectivity index (χ4v) is 5.35. The van der Waals surface area contributed by atoms with Gasteiger partial charge in [0.15, 0.2) is 5.82 Å². The number of H-pyrrole nitrogens is 1. The van der Waals surface area contributed by atoms with Gasteiger partial charge < -0.3 is 20.0 Å². The van der Waals surface area contributed by atoms with Crippen molar-refractivity contribution in [2.75, 3.05) is 55.4 Å². The summed E-state index contributed by atoms with van der Waals surface area (Å²) in [6.45, 7) is 5.62. The van der Waals surface area contributed by atoms with Crippen LogP contribution in [-0.4, -0.2) is 76.0 Å². The standard InChI is InChI=1S/C30H32FN9O/c1-19-6-5-7-23(31)28(19)24-17-22-25(18-32-24)35-36-29(22)34-30(41)21-9-8-20(40-14-12-37(2)13-15-40)16-26(21)38(3)27-10-11-33-39(27)4/h5-11,16-18H,12-15H2,1-4H3,(H2,34,35,36,41). The molecule has 1 saturated heterocycles. The molecule has 3 aromatic heterocycles. The SMILES string of the molecule is Cc1cccc(F)c1-c1cc2c(NC(=O)c3ccc(N4CCN(C)CC4)cc3N(C)c3ccnn3C)n[nH]c2cn1. The molecular formula is C30H32FN9O. The van der Waals surface area contributed by atoms with Crippen molar-refractivity contribution in [1.29, 1.82) is 0 Å². The first-order chi connectivity index (χ1) is 19.8. The number of carbonyl (C=O) groups excluding carboxylic acids is 1. The van der Waals surface area contributed by atoms with Gasteiger partial charge in [0, 0.05) is 63.0 Å². The molecule has 2 aromatic carbocycles. The van der Waals surface area contributed by atoms with Crippen molar-refractivity contribution in [2.45, 2.75) is 6.92 Å². The summed E-state index contributed by atoms with van der Waals surface area (Å²) in [5.74, 6) is 0.526. The lowest BCUT2D eigenvalue weighted by atomic mass is 10.0. The summed E-state index contributed by atoms with van der Waals surface area (Å²) < 4.78 is 16.5. The number of anilines is 4. The van der Waals surface area contributed by atoms with E-state index in [2.05, 4.69) is 48.5 Å². The quantitative estimate of drug-likeness (QED) is 0.318. The number of aromatic amines is 1. The first kappa shape index (κ1) is 26.5. The molecule has 0 aliphatic carbocycles. The zero-order valence-electron chi connectivity index (χ0n) is 23.5. The van der Waals surface area contributed by atoms with E-state index in [0.29, 0.717) is 33.5 Å². The highest BCUT2D eigenvalue weighted by molar-refractivity contribution is 6.11. The van der Waals surface area contributed by atoms with E-state index in [1.165, 1.54) is 6.07 Å². The zero-order valence-corrected chi connectivity index (χ0v) is 23.5. The van der Waals surface area contributed by atoms with Gasteiger partial charge in [-0.3, -0.25) is 19.6 Å². The van der Waals surface area contributed by atoms with Crippen molar-refractivity contribution in [3.05, 3.63) is 77.9 Å². The molecule has 1 amide bonds. The predicted octanol–water partition coefficient (Wildman–Crippen LogP) is 4.58. The maximum Gasteiger partial charge on any atom is 0.259 e. The number of carbonyl (C=O) groups is 1. The molecule has 1 aliphatic heterocycles. The van der Waals surface area contributed by atoms with Gasteiger partial charge in [-0.2, -0.15) is 10.2 Å². The van der Waals surface area contributed by atoms with Crippen LogP contribution in [0.2, 0.25) is 0 Å². The van der Waals surface area contributed by atoms with Crippen LogP contribution < -0.4 is 15.1 Å². The lowest BCUT2D eigenvalue weighted by Gasteiger charge is -2.35. The van der Waals surface area contributed by atoms with Crippen molar-refractivity contribution in [2.24, 2.45) is 7.05 Å². The summed E-state index contributed by atoms with van der Waals surface area (Å²) in [4.78, 5) is 24.9. The second-order valence-electron chi connectivity index (χ2n) is 10.4. The Hall–Kier alpha value is -4.77. The van der Waals surface area contributed by atoms with Gasteiger partial charge in [0.2, 0.25) is 0 Å². The van der Waals surface area contributed by atoms with Crippen LogP contribution in [0, 0.1) is 12.7 Å². The molecule has 0 spiro atoms. The molecule has 5 aromatic rings. The summed E-state index contributed by atoms with van der Waals surface area (Å²) in [6.07, 6.45) is 3.33. The molecule has 2 N–H and O–H groups in total. The Morgan fingerprint density at radius 3 is 2.61 bits per heavy atom. The van der Waals surface area contributed by atoms with Crippen LogP contribution in [-0.2, 0) is 7.05 Å². The van der Waals surface area contributed by atoms with Gasteiger partial charge in [0.25, 0.3) is 5.91 Å². The van der Waals surface area contributed by atoms with Crippen molar-refractivity contribution in [1.82, 2.24) is 29.9 Å². The molecule has 1 fully saturated rings. The second-order valence-corrected chi connectivity index (χ2v) is 10.4. The van der Waals surface area contributed by atoms with Gasteiger partial charge >= 0.3 is 0 Å². The minimum absolute atomic E-state index is 0.312. The van der Waals surface area contributed by atoms with Crippen molar-refractivity contribution < 1.29 is 9.18 Å². The number of benzene rings is 2. The lowest BCUT2D eigenvalue weighted by Crippen LogP contribution is -2.44.